The van der Waals surface area contributed by atoms with Crippen LogP contribution in [0.3, 0.4) is 0 Å². The quantitative estimate of drug-likeness (QED) is 0.488. The van der Waals surface area contributed by atoms with Gasteiger partial charge in [-0.1, -0.05) is 30.3 Å². The smallest absolute Gasteiger partial charge is 0.229 e. The molecule has 0 saturated heterocycles. The lowest BCUT2D eigenvalue weighted by molar-refractivity contribution is -0.116. The number of carbonyl (C=O) groups excluding carboxylic acids is 1. The molecule has 0 aliphatic carbocycles. The predicted octanol–water partition coefficient (Wildman–Crippen LogP) is 2.84. The Bertz CT molecular complexity index is 1020. The topological polar surface area (TPSA) is 105 Å². The standard InChI is InChI=1S/C23H32N2O5S/c1-16(26)11-17-7-6-8-18(12-17)14-23(2,3)24-15-21(27)19-9-10-22(30-4)20(13-19)25-31(5,28)29/h6-10,12-13,21,24-25,27H,11,14-15H2,1-5H3. The number of carbonyl (C=O) groups is 1. The van der Waals surface area contributed by atoms with Crippen LogP contribution in [0.15, 0.2) is 42.5 Å². The van der Waals surface area contributed by atoms with Gasteiger partial charge in [-0.3, -0.25) is 9.52 Å². The summed E-state index contributed by atoms with van der Waals surface area (Å²) in [7, 11) is -2.03. The first-order chi connectivity index (χ1) is 14.4. The Labute approximate surface area is 184 Å². The van der Waals surface area contributed by atoms with Crippen molar-refractivity contribution in [3.8, 4) is 5.75 Å². The van der Waals surface area contributed by atoms with Crippen LogP contribution in [0.1, 0.15) is 43.6 Å². The van der Waals surface area contributed by atoms with E-state index in [2.05, 4.69) is 10.0 Å². The van der Waals surface area contributed by atoms with E-state index < -0.39 is 16.1 Å². The lowest BCUT2D eigenvalue weighted by Gasteiger charge is -2.28. The second-order valence-corrected chi connectivity index (χ2v) is 10.2. The number of β-amino-alcohol motifs (C(OH)–C–C–N with tert-alkyl or cyclic N) is 1. The molecule has 0 spiro atoms. The van der Waals surface area contributed by atoms with Crippen LogP contribution in [0.5, 0.6) is 5.75 Å². The van der Waals surface area contributed by atoms with Crippen LogP contribution in [-0.2, 0) is 27.7 Å². The number of benzene rings is 2. The molecular weight excluding hydrogens is 416 g/mol. The number of anilines is 1. The summed E-state index contributed by atoms with van der Waals surface area (Å²) < 4.78 is 30.8. The summed E-state index contributed by atoms with van der Waals surface area (Å²) in [5.41, 5.74) is 2.64. The van der Waals surface area contributed by atoms with E-state index in [0.717, 1.165) is 23.8 Å². The Hall–Kier alpha value is -2.42. The number of sulfonamides is 1. The number of ketones is 1. The molecule has 1 atom stereocenters. The summed E-state index contributed by atoms with van der Waals surface area (Å²) in [6, 6.07) is 12.9. The molecule has 0 aliphatic heterocycles. The van der Waals surface area contributed by atoms with Crippen molar-refractivity contribution in [3.05, 3.63) is 59.2 Å². The molecule has 0 aromatic heterocycles. The van der Waals surface area contributed by atoms with Gasteiger partial charge in [0.1, 0.15) is 11.5 Å². The Morgan fingerprint density at radius 1 is 1.16 bits per heavy atom. The van der Waals surface area contributed by atoms with Gasteiger partial charge in [-0.05, 0) is 56.0 Å². The molecule has 0 saturated carbocycles. The molecule has 31 heavy (non-hydrogen) atoms. The Kier molecular flexibility index (Phi) is 8.22. The molecular formula is C23H32N2O5S. The average Bonchev–Trinajstić information content (AvgIpc) is 2.64. The maximum atomic E-state index is 11.6. The van der Waals surface area contributed by atoms with Gasteiger partial charge in [-0.15, -0.1) is 0 Å². The molecule has 0 heterocycles. The number of rotatable bonds is 11. The highest BCUT2D eigenvalue weighted by molar-refractivity contribution is 7.92. The lowest BCUT2D eigenvalue weighted by atomic mass is 9.93. The first-order valence-corrected chi connectivity index (χ1v) is 11.9. The van der Waals surface area contributed by atoms with E-state index in [1.807, 2.05) is 38.1 Å². The second-order valence-electron chi connectivity index (χ2n) is 8.49. The Balaban J connectivity index is 2.06. The third kappa shape index (κ3) is 8.32. The molecule has 1 unspecified atom stereocenters. The fourth-order valence-electron chi connectivity index (χ4n) is 3.41. The zero-order valence-electron chi connectivity index (χ0n) is 18.7. The SMILES string of the molecule is COc1ccc(C(O)CNC(C)(C)Cc2cccc(CC(C)=O)c2)cc1NS(C)(=O)=O. The van der Waals surface area contributed by atoms with Crippen LogP contribution in [0.25, 0.3) is 0 Å². The van der Waals surface area contributed by atoms with Crippen molar-refractivity contribution in [2.24, 2.45) is 0 Å². The minimum atomic E-state index is -3.48. The maximum Gasteiger partial charge on any atom is 0.229 e. The highest BCUT2D eigenvalue weighted by atomic mass is 32.2. The first-order valence-electron chi connectivity index (χ1n) is 10.0. The second kappa shape index (κ2) is 10.3. The van der Waals surface area contributed by atoms with Gasteiger partial charge in [0, 0.05) is 18.5 Å². The normalized spacial score (nSPS) is 13.0. The van der Waals surface area contributed by atoms with E-state index in [9.17, 15) is 18.3 Å². The van der Waals surface area contributed by atoms with Gasteiger partial charge in [0.15, 0.2) is 0 Å². The van der Waals surface area contributed by atoms with Crippen LogP contribution in [0.2, 0.25) is 0 Å². The van der Waals surface area contributed by atoms with Crippen LogP contribution < -0.4 is 14.8 Å². The Morgan fingerprint density at radius 2 is 1.84 bits per heavy atom. The van der Waals surface area contributed by atoms with E-state index >= 15 is 0 Å². The summed E-state index contributed by atoms with van der Waals surface area (Å²) in [4.78, 5) is 11.4. The lowest BCUT2D eigenvalue weighted by Crippen LogP contribution is -2.43. The molecule has 7 nitrogen and oxygen atoms in total. The number of nitrogens with one attached hydrogen (secondary N) is 2. The summed E-state index contributed by atoms with van der Waals surface area (Å²) >= 11 is 0. The molecule has 170 valence electrons. The van der Waals surface area contributed by atoms with E-state index in [1.54, 1.807) is 25.1 Å². The molecule has 0 amide bonds. The van der Waals surface area contributed by atoms with Gasteiger partial charge < -0.3 is 15.2 Å². The third-order valence-electron chi connectivity index (χ3n) is 4.77. The molecule has 2 rings (SSSR count). The predicted molar refractivity (Wildman–Crippen MR) is 123 cm³/mol. The molecule has 0 bridgehead atoms. The number of aliphatic hydroxyl groups excluding tert-OH is 1. The van der Waals surface area contributed by atoms with Crippen molar-refractivity contribution < 1.29 is 23.1 Å². The van der Waals surface area contributed by atoms with Crippen molar-refractivity contribution in [2.45, 2.75) is 45.3 Å². The van der Waals surface area contributed by atoms with Crippen LogP contribution >= 0.6 is 0 Å². The van der Waals surface area contributed by atoms with Crippen LogP contribution in [0.4, 0.5) is 5.69 Å². The van der Waals surface area contributed by atoms with Gasteiger partial charge in [0.25, 0.3) is 0 Å². The Morgan fingerprint density at radius 3 is 2.45 bits per heavy atom. The van der Waals surface area contributed by atoms with Gasteiger partial charge in [0.2, 0.25) is 10.0 Å². The minimum absolute atomic E-state index is 0.127. The van der Waals surface area contributed by atoms with Gasteiger partial charge in [-0.25, -0.2) is 8.42 Å². The van der Waals surface area contributed by atoms with E-state index in [0.29, 0.717) is 17.7 Å². The molecule has 0 aliphatic rings. The minimum Gasteiger partial charge on any atom is -0.495 e. The number of hydrogen-bond acceptors (Lipinski definition) is 6. The number of methoxy groups -OCH3 is 1. The molecule has 0 radical (unpaired) electrons. The molecule has 2 aromatic rings. The highest BCUT2D eigenvalue weighted by Gasteiger charge is 2.21. The fraction of sp³-hybridized carbons (Fsp3) is 0.435. The van der Waals surface area contributed by atoms with Gasteiger partial charge >= 0.3 is 0 Å². The van der Waals surface area contributed by atoms with Crippen molar-refractivity contribution in [1.82, 2.24) is 5.32 Å². The summed E-state index contributed by atoms with van der Waals surface area (Å²) in [6.45, 7) is 5.95. The third-order valence-corrected chi connectivity index (χ3v) is 5.36. The zero-order chi connectivity index (χ0) is 23.2. The van der Waals surface area contributed by atoms with Crippen LogP contribution in [-0.4, -0.2) is 44.8 Å². The van der Waals surface area contributed by atoms with Gasteiger partial charge in [-0.2, -0.15) is 0 Å². The van der Waals surface area contributed by atoms with E-state index in [1.165, 1.54) is 7.11 Å². The van der Waals surface area contributed by atoms with Crippen LogP contribution in [0, 0.1) is 0 Å². The average molecular weight is 449 g/mol. The maximum absolute atomic E-state index is 11.6. The van der Waals surface area contributed by atoms with Crippen molar-refractivity contribution in [2.75, 3.05) is 24.6 Å². The van der Waals surface area contributed by atoms with Crippen molar-refractivity contribution in [1.29, 1.82) is 0 Å². The first kappa shape index (κ1) is 24.8. The van der Waals surface area contributed by atoms with E-state index in [-0.39, 0.29) is 23.6 Å². The number of Topliss-reactive ketones (excluding diaryl/α,β-unsaturated/α-hetero) is 1. The van der Waals surface area contributed by atoms with Gasteiger partial charge in [0.05, 0.1) is 25.2 Å². The summed E-state index contributed by atoms with van der Waals surface area (Å²) in [6.07, 6.45) is 1.36. The zero-order valence-corrected chi connectivity index (χ0v) is 19.5. The summed E-state index contributed by atoms with van der Waals surface area (Å²) in [5.74, 6) is 0.502. The number of ether oxygens (including phenoxy) is 1. The fourth-order valence-corrected chi connectivity index (χ4v) is 3.97. The number of hydrogen-bond donors (Lipinski definition) is 3. The molecule has 8 heteroatoms. The summed E-state index contributed by atoms with van der Waals surface area (Å²) in [5, 5.41) is 14.0. The van der Waals surface area contributed by atoms with Crippen molar-refractivity contribution >= 4 is 21.5 Å². The number of aliphatic hydroxyl groups is 1. The monoisotopic (exact) mass is 448 g/mol. The largest absolute Gasteiger partial charge is 0.495 e. The molecule has 2 aromatic carbocycles. The molecule has 3 N–H and O–H groups in total. The molecule has 0 fully saturated rings. The highest BCUT2D eigenvalue weighted by Crippen LogP contribution is 2.29. The van der Waals surface area contributed by atoms with Crippen molar-refractivity contribution in [3.63, 3.8) is 0 Å². The van der Waals surface area contributed by atoms with E-state index in [4.69, 9.17) is 4.74 Å².